The number of hydrogen-bond acceptors (Lipinski definition) is 12. The lowest BCUT2D eigenvalue weighted by Crippen LogP contribution is -2.45. The van der Waals surface area contributed by atoms with Crippen LogP contribution in [0.4, 0.5) is 0 Å². The first-order valence-electron chi connectivity index (χ1n) is 10.5. The average Bonchev–Trinajstić information content (AvgIpc) is 2.82. The molecule has 192 valence electrons. The Kier molecular flexibility index (Phi) is 17.9. The van der Waals surface area contributed by atoms with Gasteiger partial charge in [0.15, 0.2) is 0 Å². The number of carbonyl (C=O) groups is 4. The lowest BCUT2D eigenvalue weighted by Gasteiger charge is -2.33. The van der Waals surface area contributed by atoms with Crippen molar-refractivity contribution in [2.45, 2.75) is 37.7 Å². The Morgan fingerprint density at radius 2 is 1.03 bits per heavy atom. The highest BCUT2D eigenvalue weighted by Gasteiger charge is 2.33. The molecule has 33 heavy (non-hydrogen) atoms. The van der Waals surface area contributed by atoms with Crippen LogP contribution in [0.2, 0.25) is 0 Å². The lowest BCUT2D eigenvalue weighted by molar-refractivity contribution is -0.166. The summed E-state index contributed by atoms with van der Waals surface area (Å²) in [6, 6.07) is 0. The summed E-state index contributed by atoms with van der Waals surface area (Å²) in [5, 5.41) is 0. The Hall–Kier alpha value is -2.28. The second-order valence-electron chi connectivity index (χ2n) is 6.83. The van der Waals surface area contributed by atoms with E-state index in [1.807, 2.05) is 0 Å². The molecular formula is C21H36O12. The molecule has 0 rings (SSSR count). The van der Waals surface area contributed by atoms with Gasteiger partial charge in [-0.25, -0.2) is 0 Å². The van der Waals surface area contributed by atoms with E-state index in [0.717, 1.165) is 0 Å². The van der Waals surface area contributed by atoms with Crippen LogP contribution in [0, 0.1) is 0 Å². The molecule has 0 saturated heterocycles. The summed E-state index contributed by atoms with van der Waals surface area (Å²) in [4.78, 5) is 46.0. The van der Waals surface area contributed by atoms with E-state index < -0.39 is 29.5 Å². The third kappa shape index (κ3) is 16.1. The second kappa shape index (κ2) is 19.2. The SMILES string of the molecule is COCCC(=O)OCCC(COCCC(=O)OC)(COCCC(=O)OC)OCCC(=O)OC. The normalized spacial score (nSPS) is 11.0. The third-order valence-corrected chi connectivity index (χ3v) is 4.36. The lowest BCUT2D eigenvalue weighted by atomic mass is 10.0. The molecule has 0 unspecified atom stereocenters. The van der Waals surface area contributed by atoms with Gasteiger partial charge in [-0.15, -0.1) is 0 Å². The summed E-state index contributed by atoms with van der Waals surface area (Å²) in [7, 11) is 5.29. The van der Waals surface area contributed by atoms with Crippen LogP contribution in [-0.4, -0.2) is 104 Å². The number of rotatable bonds is 20. The maximum Gasteiger partial charge on any atom is 0.308 e. The van der Waals surface area contributed by atoms with E-state index in [2.05, 4.69) is 14.2 Å². The Morgan fingerprint density at radius 1 is 0.576 bits per heavy atom. The zero-order valence-corrected chi connectivity index (χ0v) is 19.9. The van der Waals surface area contributed by atoms with Gasteiger partial charge in [0.2, 0.25) is 0 Å². The van der Waals surface area contributed by atoms with Crippen molar-refractivity contribution in [1.82, 2.24) is 0 Å². The summed E-state index contributed by atoms with van der Waals surface area (Å²) >= 11 is 0. The maximum absolute atomic E-state index is 11.8. The molecule has 0 aromatic heterocycles. The largest absolute Gasteiger partial charge is 0.469 e. The van der Waals surface area contributed by atoms with Gasteiger partial charge >= 0.3 is 23.9 Å². The summed E-state index contributed by atoms with van der Waals surface area (Å²) in [6.07, 6.45) is 0.311. The number of carbonyl (C=O) groups excluding carboxylic acids is 4. The highest BCUT2D eigenvalue weighted by atomic mass is 16.6. The van der Waals surface area contributed by atoms with Gasteiger partial charge in [0.25, 0.3) is 0 Å². The topological polar surface area (TPSA) is 142 Å². The van der Waals surface area contributed by atoms with Gasteiger partial charge < -0.3 is 37.9 Å². The van der Waals surface area contributed by atoms with Crippen LogP contribution >= 0.6 is 0 Å². The van der Waals surface area contributed by atoms with Gasteiger partial charge in [-0.2, -0.15) is 0 Å². The van der Waals surface area contributed by atoms with Gasteiger partial charge in [0.1, 0.15) is 5.60 Å². The predicted octanol–water partition coefficient (Wildman–Crippen LogP) is 0.434. The third-order valence-electron chi connectivity index (χ3n) is 4.36. The van der Waals surface area contributed by atoms with Crippen molar-refractivity contribution >= 4 is 23.9 Å². The number of esters is 4. The van der Waals surface area contributed by atoms with Crippen LogP contribution in [0.3, 0.4) is 0 Å². The highest BCUT2D eigenvalue weighted by Crippen LogP contribution is 2.20. The first-order valence-corrected chi connectivity index (χ1v) is 10.5. The molecule has 0 spiro atoms. The minimum atomic E-state index is -1.12. The molecule has 0 amide bonds. The Balaban J connectivity index is 5.14. The quantitative estimate of drug-likeness (QED) is 0.135. The summed E-state index contributed by atoms with van der Waals surface area (Å²) in [5.41, 5.74) is -1.12. The zero-order chi connectivity index (χ0) is 25.0. The van der Waals surface area contributed by atoms with Crippen LogP contribution in [-0.2, 0) is 57.1 Å². The van der Waals surface area contributed by atoms with E-state index in [9.17, 15) is 19.2 Å². The van der Waals surface area contributed by atoms with Crippen LogP contribution < -0.4 is 0 Å². The van der Waals surface area contributed by atoms with E-state index in [1.165, 1.54) is 28.4 Å². The molecule has 0 fully saturated rings. The second-order valence-corrected chi connectivity index (χ2v) is 6.83. The fourth-order valence-corrected chi connectivity index (χ4v) is 2.43. The molecule has 0 aliphatic carbocycles. The molecule has 0 aromatic carbocycles. The van der Waals surface area contributed by atoms with Crippen LogP contribution in [0.1, 0.15) is 32.1 Å². The monoisotopic (exact) mass is 480 g/mol. The van der Waals surface area contributed by atoms with Crippen LogP contribution in [0.25, 0.3) is 0 Å². The summed E-state index contributed by atoms with van der Waals surface area (Å²) < 4.78 is 41.0. The molecule has 12 nitrogen and oxygen atoms in total. The Bertz CT molecular complexity index is 554. The molecule has 0 atom stereocenters. The van der Waals surface area contributed by atoms with E-state index in [4.69, 9.17) is 23.7 Å². The van der Waals surface area contributed by atoms with E-state index >= 15 is 0 Å². The highest BCUT2D eigenvalue weighted by molar-refractivity contribution is 5.70. The van der Waals surface area contributed by atoms with E-state index in [-0.39, 0.29) is 78.4 Å². The Labute approximate surface area is 194 Å². The van der Waals surface area contributed by atoms with Crippen LogP contribution in [0.15, 0.2) is 0 Å². The zero-order valence-electron chi connectivity index (χ0n) is 19.9. The molecule has 0 radical (unpaired) electrons. The fraction of sp³-hybridized carbons (Fsp3) is 0.810. The van der Waals surface area contributed by atoms with Crippen molar-refractivity contribution in [3.8, 4) is 0 Å². The fourth-order valence-electron chi connectivity index (χ4n) is 2.43. The summed E-state index contributed by atoms with van der Waals surface area (Å²) in [5.74, 6) is -1.78. The number of hydrogen-bond donors (Lipinski definition) is 0. The molecule has 0 aliphatic rings. The molecule has 0 aromatic rings. The standard InChI is InChI=1S/C21H36O12/c1-26-10-5-20(25)32-14-9-21(33-13-8-19(24)29-4,15-30-11-6-17(22)27-2)16-31-12-7-18(23)28-3/h5-16H2,1-4H3. The van der Waals surface area contributed by atoms with Crippen molar-refractivity contribution in [2.24, 2.45) is 0 Å². The summed E-state index contributed by atoms with van der Waals surface area (Å²) in [6.45, 7) is 0.270. The molecule has 0 N–H and O–H groups in total. The van der Waals surface area contributed by atoms with Crippen molar-refractivity contribution < 1.29 is 57.1 Å². The Morgan fingerprint density at radius 3 is 1.48 bits per heavy atom. The number of methoxy groups -OCH3 is 4. The molecular weight excluding hydrogens is 444 g/mol. The van der Waals surface area contributed by atoms with Crippen molar-refractivity contribution in [1.29, 1.82) is 0 Å². The van der Waals surface area contributed by atoms with Gasteiger partial charge in [0, 0.05) is 13.5 Å². The maximum atomic E-state index is 11.8. The molecule has 12 heteroatoms. The first-order chi connectivity index (χ1) is 15.8. The van der Waals surface area contributed by atoms with Gasteiger partial charge in [-0.05, 0) is 0 Å². The van der Waals surface area contributed by atoms with Gasteiger partial charge in [-0.1, -0.05) is 0 Å². The minimum Gasteiger partial charge on any atom is -0.469 e. The van der Waals surface area contributed by atoms with Crippen LogP contribution in [0.5, 0.6) is 0 Å². The predicted molar refractivity (Wildman–Crippen MR) is 112 cm³/mol. The van der Waals surface area contributed by atoms with E-state index in [0.29, 0.717) is 0 Å². The first kappa shape index (κ1) is 30.7. The molecule has 0 aliphatic heterocycles. The molecule has 0 heterocycles. The smallest absolute Gasteiger partial charge is 0.308 e. The molecule has 0 saturated carbocycles. The minimum absolute atomic E-state index is 0.00891. The van der Waals surface area contributed by atoms with E-state index in [1.54, 1.807) is 0 Å². The van der Waals surface area contributed by atoms with Gasteiger partial charge in [0.05, 0.1) is 93.3 Å². The van der Waals surface area contributed by atoms with Gasteiger partial charge in [-0.3, -0.25) is 19.2 Å². The average molecular weight is 481 g/mol. The van der Waals surface area contributed by atoms with Crippen molar-refractivity contribution in [3.05, 3.63) is 0 Å². The molecule has 0 bridgehead atoms. The van der Waals surface area contributed by atoms with Crippen molar-refractivity contribution in [3.63, 3.8) is 0 Å². The van der Waals surface area contributed by atoms with Crippen molar-refractivity contribution in [2.75, 3.05) is 74.7 Å². The number of ether oxygens (including phenoxy) is 8.